The van der Waals surface area contributed by atoms with E-state index in [0.29, 0.717) is 17.0 Å². The van der Waals surface area contributed by atoms with E-state index >= 15 is 0 Å². The fraction of sp³-hybridized carbons (Fsp3) is 0.312. The summed E-state index contributed by atoms with van der Waals surface area (Å²) in [6.07, 6.45) is 0. The molecule has 0 saturated heterocycles. The molecular formula is C96H120N6+6. The van der Waals surface area contributed by atoms with Gasteiger partial charge in [-0.25, -0.2) is 0 Å². The molecule has 0 saturated carbocycles. The van der Waals surface area contributed by atoms with Crippen LogP contribution >= 0.6 is 0 Å². The van der Waals surface area contributed by atoms with Gasteiger partial charge in [0.2, 0.25) is 34.2 Å². The lowest BCUT2D eigenvalue weighted by molar-refractivity contribution is -0.667. The van der Waals surface area contributed by atoms with Crippen molar-refractivity contribution in [1.29, 1.82) is 0 Å². The largest absolute Gasteiger partial charge is 0.215 e. The van der Waals surface area contributed by atoms with Gasteiger partial charge < -0.3 is 0 Å². The lowest BCUT2D eigenvalue weighted by Crippen LogP contribution is -2.35. The summed E-state index contributed by atoms with van der Waals surface area (Å²) in [5.41, 5.74) is 41.7. The summed E-state index contributed by atoms with van der Waals surface area (Å²) in [4.78, 5) is 0. The molecule has 12 aromatic rings. The molecule has 6 nitrogen and oxygen atoms in total. The van der Waals surface area contributed by atoms with Crippen LogP contribution in [-0.2, 0) is 42.3 Å². The Bertz CT molecular complexity index is 5180. The molecular weight excluding hydrogens is 1240 g/mol. The first-order valence-electron chi connectivity index (χ1n) is 40.0. The van der Waals surface area contributed by atoms with Gasteiger partial charge in [-0.2, -0.15) is 27.4 Å². The van der Waals surface area contributed by atoms with E-state index in [9.17, 15) is 0 Å². The predicted molar refractivity (Wildman–Crippen MR) is 432 cm³/mol. The number of rotatable bonds is 6. The second-order valence-corrected chi connectivity index (χ2v) is 28.2. The average Bonchev–Trinajstić information content (AvgIpc) is 0.787. The summed E-state index contributed by atoms with van der Waals surface area (Å²) in [5, 5.41) is 0. The Kier molecular flexibility index (Phi) is 22.7. The Balaban J connectivity index is 0.000000185. The molecule has 0 aliphatic carbocycles. The van der Waals surface area contributed by atoms with Crippen molar-refractivity contribution in [3.63, 3.8) is 0 Å². The zero-order chi connectivity index (χ0) is 83.0. The number of nitrogens with zero attached hydrogens (tertiary/aromatic N) is 6. The van der Waals surface area contributed by atoms with Gasteiger partial charge in [0.25, 0.3) is 0 Å². The van der Waals surface area contributed by atoms with Crippen LogP contribution in [0.15, 0.2) is 182 Å². The van der Waals surface area contributed by atoms with Crippen LogP contribution in [0.5, 0.6) is 0 Å². The van der Waals surface area contributed by atoms with Crippen molar-refractivity contribution in [2.75, 3.05) is 0 Å². The molecule has 12 rings (SSSR count). The Morgan fingerprint density at radius 1 is 0.186 bits per heavy atom. The van der Waals surface area contributed by atoms with Crippen LogP contribution in [-0.4, -0.2) is 0 Å². The Labute approximate surface area is 628 Å². The highest BCUT2D eigenvalue weighted by atomic mass is 15.0. The molecule has 0 aliphatic heterocycles. The molecule has 0 spiro atoms. The SMILES string of the molecule is Cc1ccc(-c2c(C)ccc(C)[n+]2C)c(C)c1.Cc1cccc(-c2c(C)ccc(C)[n+]2C)c1C.Cc1cccc(-c2c(C)ccc(C)[n+]2C)c1C.[2H]C([2H])([2H])c1ccc(-c2c(C)ccc(C)[n+]2C)c(C)c1.[2H]C([2H])([2H])c1ccc(C)c(-c2cccc(C)c2C)[n+]1C.[2H]C([2H])([2H])c1ccc(C)c(-c2cccc(C)c2C)[n+]1C. The molecule has 528 valence electrons. The zero-order valence-electron chi connectivity index (χ0n) is 75.5. The van der Waals surface area contributed by atoms with Crippen molar-refractivity contribution in [2.45, 2.75) is 166 Å². The molecule has 0 unspecified atom stereocenters. The summed E-state index contributed by atoms with van der Waals surface area (Å²) in [6, 6.07) is 61.8. The van der Waals surface area contributed by atoms with Crippen LogP contribution in [0.4, 0.5) is 0 Å². The highest BCUT2D eigenvalue weighted by Gasteiger charge is 2.24. The lowest BCUT2D eigenvalue weighted by atomic mass is 9.97. The first-order chi connectivity index (χ1) is 51.7. The average molecular weight is 1370 g/mol. The van der Waals surface area contributed by atoms with Crippen molar-refractivity contribution < 1.29 is 39.7 Å². The van der Waals surface area contributed by atoms with E-state index < -0.39 is 20.6 Å². The smallest absolute Gasteiger partial charge is 0.198 e. The third-order valence-electron chi connectivity index (χ3n) is 20.9. The van der Waals surface area contributed by atoms with Gasteiger partial charge in [0, 0.05) is 157 Å². The fourth-order valence-corrected chi connectivity index (χ4v) is 13.5. The van der Waals surface area contributed by atoms with E-state index in [2.05, 4.69) is 279 Å². The van der Waals surface area contributed by atoms with Crippen molar-refractivity contribution in [1.82, 2.24) is 0 Å². The topological polar surface area (TPSA) is 23.3 Å². The molecule has 0 aliphatic rings. The van der Waals surface area contributed by atoms with Crippen molar-refractivity contribution in [3.05, 3.63) is 316 Å². The van der Waals surface area contributed by atoms with Crippen LogP contribution < -0.4 is 27.4 Å². The molecule has 0 radical (unpaired) electrons. The van der Waals surface area contributed by atoms with Gasteiger partial charge in [-0.1, -0.05) is 83.9 Å². The van der Waals surface area contributed by atoms with Gasteiger partial charge in [-0.15, -0.1) is 0 Å². The van der Waals surface area contributed by atoms with E-state index in [4.69, 9.17) is 12.3 Å². The molecule has 0 N–H and O–H groups in total. The van der Waals surface area contributed by atoms with Crippen LogP contribution in [0.25, 0.3) is 67.5 Å². The maximum absolute atomic E-state index is 7.65. The van der Waals surface area contributed by atoms with Crippen LogP contribution in [0, 0.1) is 166 Å². The molecule has 6 heterocycles. The highest BCUT2D eigenvalue weighted by molar-refractivity contribution is 5.70. The summed E-state index contributed by atoms with van der Waals surface area (Å²) < 4.78 is 80.9. The van der Waals surface area contributed by atoms with E-state index in [-0.39, 0.29) is 0 Å². The number of hydrogen-bond acceptors (Lipinski definition) is 0. The first kappa shape index (κ1) is 66.8. The molecule has 0 amide bonds. The van der Waals surface area contributed by atoms with Gasteiger partial charge in [0.05, 0.1) is 0 Å². The standard InChI is InChI=1S/6C16H20N/c2*1-11-6-9-15(13(3)10-11)16-12(2)7-8-14(4)17(16)5;4*1-11-7-6-8-15(14(11)4)16-12(2)9-10-13(3)17(16)5/h6*6-10H,1-5H3/q6*+1/i1D3;;2*3D3;;. The minimum atomic E-state index is -2.10. The summed E-state index contributed by atoms with van der Waals surface area (Å²) in [5.74, 6) is 0. The van der Waals surface area contributed by atoms with Crippen molar-refractivity contribution in [3.8, 4) is 67.5 Å². The third kappa shape index (κ3) is 18.3. The van der Waals surface area contributed by atoms with Crippen LogP contribution in [0.3, 0.4) is 0 Å². The summed E-state index contributed by atoms with van der Waals surface area (Å²) in [6.45, 7) is 38.2. The molecule has 6 aromatic carbocycles. The molecule has 0 bridgehead atoms. The Morgan fingerprint density at radius 2 is 0.402 bits per heavy atom. The number of pyridine rings is 6. The maximum atomic E-state index is 7.65. The van der Waals surface area contributed by atoms with Gasteiger partial charge in [-0.05, 0) is 253 Å². The minimum absolute atomic E-state index is 0.360. The van der Waals surface area contributed by atoms with Crippen molar-refractivity contribution in [2.24, 2.45) is 42.3 Å². The van der Waals surface area contributed by atoms with Crippen LogP contribution in [0.2, 0.25) is 0 Å². The van der Waals surface area contributed by atoms with Gasteiger partial charge in [0.1, 0.15) is 42.3 Å². The predicted octanol–water partition coefficient (Wildman–Crippen LogP) is 20.5. The van der Waals surface area contributed by atoms with Crippen LogP contribution in [0.1, 0.15) is 147 Å². The number of hydrogen-bond donors (Lipinski definition) is 0. The highest BCUT2D eigenvalue weighted by Crippen LogP contribution is 2.31. The van der Waals surface area contributed by atoms with E-state index in [0.717, 1.165) is 50.5 Å². The second-order valence-electron chi connectivity index (χ2n) is 28.2. The zero-order valence-corrected chi connectivity index (χ0v) is 66.5. The molecule has 6 aromatic heterocycles. The summed E-state index contributed by atoms with van der Waals surface area (Å²) in [7, 11) is 12.1. The Morgan fingerprint density at radius 3 is 0.637 bits per heavy atom. The second kappa shape index (κ2) is 34.7. The molecule has 102 heavy (non-hydrogen) atoms. The van der Waals surface area contributed by atoms with Gasteiger partial charge >= 0.3 is 0 Å². The molecule has 6 heteroatoms. The van der Waals surface area contributed by atoms with Crippen molar-refractivity contribution >= 4 is 0 Å². The third-order valence-corrected chi connectivity index (χ3v) is 20.9. The quantitative estimate of drug-likeness (QED) is 0.148. The fourth-order valence-electron chi connectivity index (χ4n) is 13.5. The van der Waals surface area contributed by atoms with Gasteiger partial charge in [0.15, 0.2) is 34.2 Å². The van der Waals surface area contributed by atoms with E-state index in [1.165, 1.54) is 134 Å². The lowest BCUT2D eigenvalue weighted by Gasteiger charge is -2.10. The number of aromatic nitrogens is 6. The maximum Gasteiger partial charge on any atom is 0.215 e. The first-order valence-corrected chi connectivity index (χ1v) is 35.5. The summed E-state index contributed by atoms with van der Waals surface area (Å²) >= 11 is 0. The van der Waals surface area contributed by atoms with E-state index in [1.807, 2.05) is 84.4 Å². The number of aryl methyl sites for hydroxylation is 20. The monoisotopic (exact) mass is 1370 g/mol. The number of benzene rings is 6. The molecule has 0 fully saturated rings. The molecule has 0 atom stereocenters. The van der Waals surface area contributed by atoms with E-state index in [1.54, 1.807) is 33.4 Å². The van der Waals surface area contributed by atoms with Gasteiger partial charge in [-0.3, -0.25) is 0 Å². The Hall–Kier alpha value is -9.78. The normalized spacial score (nSPS) is 12.3. The minimum Gasteiger partial charge on any atom is -0.198 e.